The van der Waals surface area contributed by atoms with Crippen molar-refractivity contribution >= 4 is 34.0 Å². The van der Waals surface area contributed by atoms with Gasteiger partial charge >= 0.3 is 0 Å². The Morgan fingerprint density at radius 1 is 0.527 bits per heavy atom. The molecule has 1 rings (SSSR count). The Bertz CT molecular complexity index is 895. The monoisotopic (exact) mass is 815 g/mol. The van der Waals surface area contributed by atoms with Gasteiger partial charge in [-0.25, -0.2) is 0 Å². The van der Waals surface area contributed by atoms with E-state index in [0.717, 1.165) is 69.0 Å². The summed E-state index contributed by atoms with van der Waals surface area (Å²) >= 11 is 3.08. The van der Waals surface area contributed by atoms with Crippen LogP contribution >= 0.6 is 23.5 Å². The van der Waals surface area contributed by atoms with E-state index in [4.69, 9.17) is 14.2 Å². The number of thioether (sulfide) groups is 2. The van der Waals surface area contributed by atoms with Crippen LogP contribution in [-0.2, 0) is 14.2 Å². The minimum Gasteiger partial charge on any atom is -0.337 e. The fourth-order valence-electron chi connectivity index (χ4n) is 8.34. The summed E-state index contributed by atoms with van der Waals surface area (Å²) in [5.74, 6) is 3.16. The largest absolute Gasteiger partial charge is 0.337 e. The maximum atomic E-state index is 12.9. The summed E-state index contributed by atoms with van der Waals surface area (Å²) in [6.07, 6.45) is 32.2. The molecule has 0 saturated heterocycles. The van der Waals surface area contributed by atoms with Crippen LogP contribution in [0.5, 0.6) is 0 Å². The second-order valence-electron chi connectivity index (χ2n) is 16.4. The Morgan fingerprint density at radius 3 is 1.42 bits per heavy atom. The molecule has 7 nitrogen and oxygen atoms in total. The highest BCUT2D eigenvalue weighted by atomic mass is 32.2. The number of unbranched alkanes of at least 4 members (excludes halogenated alkanes) is 16. The van der Waals surface area contributed by atoms with Gasteiger partial charge in [0.2, 0.25) is 0 Å². The number of hydrogen-bond donors (Lipinski definition) is 0. The van der Waals surface area contributed by atoms with Crippen molar-refractivity contribution in [1.82, 2.24) is 9.80 Å². The molecule has 0 N–H and O–H groups in total. The number of carbonyl (C=O) groups is 2. The van der Waals surface area contributed by atoms with Gasteiger partial charge in [-0.1, -0.05) is 153 Å². The molecule has 0 spiro atoms. The van der Waals surface area contributed by atoms with Crippen LogP contribution in [0.3, 0.4) is 0 Å². The summed E-state index contributed by atoms with van der Waals surface area (Å²) in [5.41, 5.74) is 0. The molecule has 0 aromatic carbocycles. The third-order valence-electron chi connectivity index (χ3n) is 11.7. The van der Waals surface area contributed by atoms with Crippen molar-refractivity contribution in [2.75, 3.05) is 58.5 Å². The second kappa shape index (κ2) is 35.5. The summed E-state index contributed by atoms with van der Waals surface area (Å²) in [7, 11) is 3.95. The third kappa shape index (κ3) is 26.3. The third-order valence-corrected chi connectivity index (χ3v) is 13.7. The maximum absolute atomic E-state index is 12.9. The molecule has 326 valence electrons. The van der Waals surface area contributed by atoms with E-state index in [2.05, 4.69) is 13.8 Å². The molecule has 2 amide bonds. The minimum atomic E-state index is -0.858. The molecule has 0 aliphatic heterocycles. The van der Waals surface area contributed by atoms with Gasteiger partial charge in [0, 0.05) is 64.9 Å². The first-order valence-electron chi connectivity index (χ1n) is 23.4. The van der Waals surface area contributed by atoms with Crippen molar-refractivity contribution in [1.29, 1.82) is 0 Å². The van der Waals surface area contributed by atoms with Crippen LogP contribution in [0.2, 0.25) is 0 Å². The van der Waals surface area contributed by atoms with Gasteiger partial charge in [-0.15, -0.1) is 0 Å². The van der Waals surface area contributed by atoms with Crippen LogP contribution in [0.1, 0.15) is 202 Å². The van der Waals surface area contributed by atoms with E-state index in [1.807, 2.05) is 44.7 Å². The molecule has 1 saturated carbocycles. The number of amides is 2. The smallest absolute Gasteiger partial charge is 0.282 e. The Hall–Kier alpha value is -0.480. The first-order valence-corrected chi connectivity index (χ1v) is 25.4. The topological polar surface area (TPSA) is 68.3 Å². The number of ether oxygens (including phenoxy) is 3. The summed E-state index contributed by atoms with van der Waals surface area (Å²) in [6, 6.07) is 0. The van der Waals surface area contributed by atoms with Gasteiger partial charge in [-0.05, 0) is 83.5 Å². The second-order valence-corrected chi connectivity index (χ2v) is 18.5. The van der Waals surface area contributed by atoms with Crippen LogP contribution in [0, 0.1) is 17.8 Å². The summed E-state index contributed by atoms with van der Waals surface area (Å²) in [6.45, 7) is 14.0. The standard InChI is InChI=1S/C46H90N2O5S2/c1-8-13-15-24-28-36-47(6)44(49)54-38-33-42-32-31-41(40-43(42)34-39-55-45(50)48(7)37-29-25-16-14-9-2)30-26-22-20-18-17-19-21-23-27-35-46(51-10-3,52-11-4)53-12-5/h41-43H,8-40H2,1-7H3. The molecular weight excluding hydrogens is 725 g/mol. The number of hydrogen-bond acceptors (Lipinski definition) is 7. The lowest BCUT2D eigenvalue weighted by Gasteiger charge is -2.36. The molecule has 0 bridgehead atoms. The Kier molecular flexibility index (Phi) is 33.9. The number of rotatable bonds is 36. The lowest BCUT2D eigenvalue weighted by Crippen LogP contribution is -2.39. The predicted molar refractivity (Wildman–Crippen MR) is 240 cm³/mol. The van der Waals surface area contributed by atoms with Crippen LogP contribution < -0.4 is 0 Å². The molecule has 9 heteroatoms. The van der Waals surface area contributed by atoms with E-state index < -0.39 is 5.97 Å². The highest BCUT2D eigenvalue weighted by molar-refractivity contribution is 8.13. The fourth-order valence-corrected chi connectivity index (χ4v) is 10.1. The molecule has 0 aromatic heterocycles. The van der Waals surface area contributed by atoms with Crippen molar-refractivity contribution in [2.45, 2.75) is 208 Å². The van der Waals surface area contributed by atoms with Crippen molar-refractivity contribution in [3.8, 4) is 0 Å². The van der Waals surface area contributed by atoms with Gasteiger partial charge < -0.3 is 24.0 Å². The first kappa shape index (κ1) is 52.5. The van der Waals surface area contributed by atoms with E-state index >= 15 is 0 Å². The lowest BCUT2D eigenvalue weighted by molar-refractivity contribution is -0.380. The van der Waals surface area contributed by atoms with E-state index in [-0.39, 0.29) is 10.5 Å². The molecule has 55 heavy (non-hydrogen) atoms. The van der Waals surface area contributed by atoms with Gasteiger partial charge in [0.05, 0.1) is 0 Å². The van der Waals surface area contributed by atoms with Crippen LogP contribution in [0.25, 0.3) is 0 Å². The zero-order valence-electron chi connectivity index (χ0n) is 37.3. The highest BCUT2D eigenvalue weighted by Crippen LogP contribution is 2.41. The lowest BCUT2D eigenvalue weighted by atomic mass is 9.70. The average Bonchev–Trinajstić information content (AvgIpc) is 3.17. The van der Waals surface area contributed by atoms with Gasteiger partial charge in [-0.3, -0.25) is 9.59 Å². The molecule has 0 radical (unpaired) electrons. The summed E-state index contributed by atoms with van der Waals surface area (Å²) in [4.78, 5) is 29.7. The van der Waals surface area contributed by atoms with Gasteiger partial charge in [-0.2, -0.15) is 0 Å². The van der Waals surface area contributed by atoms with Gasteiger partial charge in [0.25, 0.3) is 16.5 Å². The SMILES string of the molecule is CCCCCCCN(C)C(=O)SCCC1CCC(CCCCCCCCCCCC(OCC)(OCC)OCC)CC1CCSC(=O)N(C)CCCCCCC. The molecular formula is C46H90N2O5S2. The van der Waals surface area contributed by atoms with E-state index in [1.165, 1.54) is 140 Å². The van der Waals surface area contributed by atoms with Gasteiger partial charge in [0.15, 0.2) is 0 Å². The maximum Gasteiger partial charge on any atom is 0.282 e. The Labute approximate surface area is 350 Å². The molecule has 0 aromatic rings. The fraction of sp³-hybridized carbons (Fsp3) is 0.957. The zero-order valence-corrected chi connectivity index (χ0v) is 39.0. The summed E-state index contributed by atoms with van der Waals surface area (Å²) < 4.78 is 17.6. The van der Waals surface area contributed by atoms with Crippen molar-refractivity contribution in [3.63, 3.8) is 0 Å². The van der Waals surface area contributed by atoms with Crippen LogP contribution in [-0.4, -0.2) is 84.8 Å². The van der Waals surface area contributed by atoms with Crippen LogP contribution in [0.4, 0.5) is 9.59 Å². The van der Waals surface area contributed by atoms with E-state index in [9.17, 15) is 9.59 Å². The molecule has 0 heterocycles. The average molecular weight is 815 g/mol. The zero-order chi connectivity index (χ0) is 40.4. The Morgan fingerprint density at radius 2 is 0.945 bits per heavy atom. The quantitative estimate of drug-likeness (QED) is 0.0461. The van der Waals surface area contributed by atoms with Gasteiger partial charge in [0.1, 0.15) is 0 Å². The minimum absolute atomic E-state index is 0.239. The molecule has 3 unspecified atom stereocenters. The van der Waals surface area contributed by atoms with Crippen LogP contribution in [0.15, 0.2) is 0 Å². The first-order chi connectivity index (χ1) is 26.7. The van der Waals surface area contributed by atoms with E-state index in [0.29, 0.717) is 31.7 Å². The summed E-state index contributed by atoms with van der Waals surface area (Å²) in [5, 5.41) is 0.480. The van der Waals surface area contributed by atoms with E-state index in [1.54, 1.807) is 11.8 Å². The highest BCUT2D eigenvalue weighted by Gasteiger charge is 2.32. The molecule has 1 fully saturated rings. The molecule has 3 atom stereocenters. The molecule has 1 aliphatic rings. The van der Waals surface area contributed by atoms with Crippen molar-refractivity contribution < 1.29 is 23.8 Å². The Balaban J connectivity index is 2.45. The molecule has 1 aliphatic carbocycles. The predicted octanol–water partition coefficient (Wildman–Crippen LogP) is 14.4. The van der Waals surface area contributed by atoms with Crippen molar-refractivity contribution in [2.24, 2.45) is 17.8 Å². The van der Waals surface area contributed by atoms with Crippen molar-refractivity contribution in [3.05, 3.63) is 0 Å². The number of nitrogens with zero attached hydrogens (tertiary/aromatic N) is 2. The normalized spacial score (nSPS) is 17.5. The number of carbonyl (C=O) groups excluding carboxylic acids is 2.